The van der Waals surface area contributed by atoms with Crippen molar-refractivity contribution >= 4 is 28.8 Å². The number of amides is 1. The van der Waals surface area contributed by atoms with Crippen molar-refractivity contribution in [3.63, 3.8) is 0 Å². The minimum atomic E-state index is -4.57. The predicted octanol–water partition coefficient (Wildman–Crippen LogP) is 4.31. The third kappa shape index (κ3) is 4.94. The number of hydrogen-bond donors (Lipinski definition) is 1. The highest BCUT2D eigenvalue weighted by Crippen LogP contribution is 2.32. The predicted molar refractivity (Wildman–Crippen MR) is 113 cm³/mol. The Morgan fingerprint density at radius 1 is 1.16 bits per heavy atom. The maximum Gasteiger partial charge on any atom is 0.522 e. The molecule has 170 valence electrons. The number of likely N-dealkylation sites (tertiary alicyclic amines) is 1. The standard InChI is InChI=1S/C21H22F3N5O2S/c22-21(23,24)31-14-8-10-28(11-9-14)12-15-6-7-17(32-15)16-2-1-3-18-25-20(27-29(16)18)26-19(30)13-4-5-13/h1-3,6-7,13-14H,4-5,8-12H2,(H,26,27,30). The minimum Gasteiger partial charge on any atom is -0.298 e. The zero-order chi connectivity index (χ0) is 22.3. The van der Waals surface area contributed by atoms with Gasteiger partial charge in [0.15, 0.2) is 5.65 Å². The normalized spacial score (nSPS) is 18.3. The fraction of sp³-hybridized carbons (Fsp3) is 0.476. The lowest BCUT2D eigenvalue weighted by Gasteiger charge is -2.31. The SMILES string of the molecule is O=C(Nc1nc2cccc(-c3ccc(CN4CCC(OC(F)(F)F)CC4)s3)n2n1)C1CC1. The lowest BCUT2D eigenvalue weighted by atomic mass is 10.1. The first-order valence-corrected chi connectivity index (χ1v) is 11.4. The van der Waals surface area contributed by atoms with E-state index in [1.165, 1.54) is 0 Å². The molecule has 0 spiro atoms. The number of piperidine rings is 1. The Morgan fingerprint density at radius 3 is 2.66 bits per heavy atom. The molecule has 0 radical (unpaired) electrons. The van der Waals surface area contributed by atoms with Crippen LogP contribution in [-0.2, 0) is 16.1 Å². The van der Waals surface area contributed by atoms with Crippen molar-refractivity contribution in [1.82, 2.24) is 19.5 Å². The van der Waals surface area contributed by atoms with Gasteiger partial charge in [-0.05, 0) is 49.9 Å². The van der Waals surface area contributed by atoms with E-state index in [-0.39, 0.29) is 11.8 Å². The first-order valence-electron chi connectivity index (χ1n) is 10.6. The number of rotatable bonds is 6. The molecule has 7 nitrogen and oxygen atoms in total. The summed E-state index contributed by atoms with van der Waals surface area (Å²) in [6, 6.07) is 9.73. The van der Waals surface area contributed by atoms with Gasteiger partial charge in [0.25, 0.3) is 0 Å². The molecule has 1 saturated carbocycles. The van der Waals surface area contributed by atoms with Crippen molar-refractivity contribution in [1.29, 1.82) is 0 Å². The van der Waals surface area contributed by atoms with Crippen molar-refractivity contribution < 1.29 is 22.7 Å². The summed E-state index contributed by atoms with van der Waals surface area (Å²) in [5.41, 5.74) is 1.52. The average molecular weight is 466 g/mol. The largest absolute Gasteiger partial charge is 0.522 e. The highest BCUT2D eigenvalue weighted by atomic mass is 32.1. The Hall–Kier alpha value is -2.50. The number of halogens is 3. The van der Waals surface area contributed by atoms with Gasteiger partial charge < -0.3 is 0 Å². The van der Waals surface area contributed by atoms with E-state index in [9.17, 15) is 18.0 Å². The van der Waals surface area contributed by atoms with Crippen molar-refractivity contribution in [2.24, 2.45) is 5.92 Å². The molecule has 3 aromatic rings. The number of nitrogens with zero attached hydrogens (tertiary/aromatic N) is 4. The molecule has 11 heteroatoms. The third-order valence-electron chi connectivity index (χ3n) is 5.67. The van der Waals surface area contributed by atoms with Gasteiger partial charge in [0.1, 0.15) is 0 Å². The van der Waals surface area contributed by atoms with Gasteiger partial charge in [-0.2, -0.15) is 4.98 Å². The van der Waals surface area contributed by atoms with Crippen LogP contribution in [0.5, 0.6) is 0 Å². The Balaban J connectivity index is 1.25. The van der Waals surface area contributed by atoms with Crippen LogP contribution in [0.25, 0.3) is 16.2 Å². The van der Waals surface area contributed by atoms with Crippen LogP contribution in [0.4, 0.5) is 19.1 Å². The molecular formula is C21H22F3N5O2S. The summed E-state index contributed by atoms with van der Waals surface area (Å²) in [7, 11) is 0. The number of carbonyl (C=O) groups excluding carboxylic acids is 1. The van der Waals surface area contributed by atoms with Gasteiger partial charge in [-0.15, -0.1) is 29.6 Å². The maximum atomic E-state index is 12.4. The first kappa shape index (κ1) is 21.4. The number of nitrogens with one attached hydrogen (secondary N) is 1. The molecule has 1 aliphatic heterocycles. The summed E-state index contributed by atoms with van der Waals surface area (Å²) in [5, 5.41) is 7.25. The van der Waals surface area contributed by atoms with Crippen molar-refractivity contribution in [3.05, 3.63) is 35.2 Å². The van der Waals surface area contributed by atoms with Crippen LogP contribution in [0.3, 0.4) is 0 Å². The molecule has 0 atom stereocenters. The van der Waals surface area contributed by atoms with E-state index in [1.54, 1.807) is 15.9 Å². The summed E-state index contributed by atoms with van der Waals surface area (Å²) in [4.78, 5) is 20.7. The van der Waals surface area contributed by atoms with E-state index < -0.39 is 12.5 Å². The molecule has 2 aliphatic rings. The molecule has 1 aliphatic carbocycles. The van der Waals surface area contributed by atoms with Crippen LogP contribution >= 0.6 is 11.3 Å². The fourth-order valence-corrected chi connectivity index (χ4v) is 4.96. The van der Waals surface area contributed by atoms with Crippen LogP contribution < -0.4 is 5.32 Å². The summed E-state index contributed by atoms with van der Waals surface area (Å²) >= 11 is 1.61. The third-order valence-corrected chi connectivity index (χ3v) is 6.76. The minimum absolute atomic E-state index is 0.0368. The second-order valence-electron chi connectivity index (χ2n) is 8.19. The molecule has 0 bridgehead atoms. The van der Waals surface area contributed by atoms with E-state index in [0.29, 0.717) is 44.1 Å². The molecule has 0 unspecified atom stereocenters. The topological polar surface area (TPSA) is 71.8 Å². The van der Waals surface area contributed by atoms with Gasteiger partial charge in [-0.3, -0.25) is 19.7 Å². The maximum absolute atomic E-state index is 12.4. The number of alkyl halides is 3. The molecule has 4 heterocycles. The van der Waals surface area contributed by atoms with E-state index in [2.05, 4.69) is 25.0 Å². The Bertz CT molecular complexity index is 1120. The van der Waals surface area contributed by atoms with Crippen LogP contribution in [0.1, 0.15) is 30.6 Å². The number of carbonyl (C=O) groups is 1. The van der Waals surface area contributed by atoms with E-state index in [0.717, 1.165) is 28.3 Å². The van der Waals surface area contributed by atoms with Crippen molar-refractivity contribution in [2.45, 2.75) is 44.7 Å². The highest BCUT2D eigenvalue weighted by molar-refractivity contribution is 7.15. The Kier molecular flexibility index (Phi) is 5.64. The average Bonchev–Trinajstić information content (AvgIpc) is 3.36. The molecule has 1 amide bonds. The van der Waals surface area contributed by atoms with Gasteiger partial charge in [0.2, 0.25) is 11.9 Å². The second kappa shape index (κ2) is 8.45. The summed E-state index contributed by atoms with van der Waals surface area (Å²) in [5.74, 6) is 0.339. The van der Waals surface area contributed by atoms with Gasteiger partial charge in [0, 0.05) is 30.4 Å². The zero-order valence-electron chi connectivity index (χ0n) is 17.1. The smallest absolute Gasteiger partial charge is 0.298 e. The molecule has 5 rings (SSSR count). The molecule has 1 N–H and O–H groups in total. The summed E-state index contributed by atoms with van der Waals surface area (Å²) in [6.07, 6.45) is -2.77. The number of aromatic nitrogens is 3. The fourth-order valence-electron chi connectivity index (χ4n) is 3.90. The molecule has 0 aromatic carbocycles. The molecule has 32 heavy (non-hydrogen) atoms. The quantitative estimate of drug-likeness (QED) is 0.588. The summed E-state index contributed by atoms with van der Waals surface area (Å²) < 4.78 is 43.1. The lowest BCUT2D eigenvalue weighted by Crippen LogP contribution is -2.38. The van der Waals surface area contributed by atoms with Crippen LogP contribution in [0.15, 0.2) is 30.3 Å². The zero-order valence-corrected chi connectivity index (χ0v) is 18.0. The monoisotopic (exact) mass is 465 g/mol. The van der Waals surface area contributed by atoms with Crippen molar-refractivity contribution in [2.75, 3.05) is 18.4 Å². The second-order valence-corrected chi connectivity index (χ2v) is 9.35. The lowest BCUT2D eigenvalue weighted by molar-refractivity contribution is -0.345. The van der Waals surface area contributed by atoms with Gasteiger partial charge in [0.05, 0.1) is 16.7 Å². The van der Waals surface area contributed by atoms with Crippen LogP contribution in [0, 0.1) is 5.92 Å². The number of fused-ring (bicyclic) bond motifs is 1. The van der Waals surface area contributed by atoms with Crippen LogP contribution in [0.2, 0.25) is 0 Å². The van der Waals surface area contributed by atoms with Crippen LogP contribution in [-0.4, -0.2) is 51.0 Å². The first-order chi connectivity index (χ1) is 15.3. The number of thiophene rings is 1. The Labute approximate surface area is 186 Å². The number of anilines is 1. The number of ether oxygens (including phenoxy) is 1. The Morgan fingerprint density at radius 2 is 1.94 bits per heavy atom. The molecular weight excluding hydrogens is 443 g/mol. The van der Waals surface area contributed by atoms with Crippen molar-refractivity contribution in [3.8, 4) is 10.6 Å². The van der Waals surface area contributed by atoms with Gasteiger partial charge in [-0.1, -0.05) is 6.07 Å². The highest BCUT2D eigenvalue weighted by Gasteiger charge is 2.35. The van der Waals surface area contributed by atoms with E-state index in [4.69, 9.17) is 0 Å². The van der Waals surface area contributed by atoms with E-state index in [1.807, 2.05) is 30.3 Å². The summed E-state index contributed by atoms with van der Waals surface area (Å²) in [6.45, 7) is 1.81. The van der Waals surface area contributed by atoms with E-state index >= 15 is 0 Å². The molecule has 1 saturated heterocycles. The number of pyridine rings is 1. The van der Waals surface area contributed by atoms with Gasteiger partial charge >= 0.3 is 6.36 Å². The van der Waals surface area contributed by atoms with Gasteiger partial charge in [-0.25, -0.2) is 4.52 Å². The molecule has 2 fully saturated rings. The molecule has 3 aromatic heterocycles. The number of hydrogen-bond acceptors (Lipinski definition) is 6.